The molecule has 0 fully saturated rings. The number of hydrogen-bond donors (Lipinski definition) is 1. The van der Waals surface area contributed by atoms with Gasteiger partial charge < -0.3 is 19.9 Å². The zero-order chi connectivity index (χ0) is 20.6. The maximum Gasteiger partial charge on any atom is 0.239 e. The molecule has 0 bridgehead atoms. The van der Waals surface area contributed by atoms with Crippen molar-refractivity contribution in [3.8, 4) is 5.75 Å². The molecule has 1 amide bonds. The van der Waals surface area contributed by atoms with Gasteiger partial charge in [0.25, 0.3) is 0 Å². The lowest BCUT2D eigenvalue weighted by molar-refractivity contribution is -0.131. The molecular weight excluding hydrogens is 442 g/mol. The van der Waals surface area contributed by atoms with Gasteiger partial charge in [0, 0.05) is 26.2 Å². The minimum Gasteiger partial charge on any atom is -0.492 e. The second kappa shape index (κ2) is 12.9. The number of ether oxygens (including phenoxy) is 1. The van der Waals surface area contributed by atoms with Crippen LogP contribution in [0.5, 0.6) is 5.75 Å². The van der Waals surface area contributed by atoms with E-state index in [1.54, 1.807) is 25.5 Å². The Hall–Kier alpha value is -2.61. The summed E-state index contributed by atoms with van der Waals surface area (Å²) in [5.41, 5.74) is 8.04. The third-order valence-corrected chi connectivity index (χ3v) is 4.53. The van der Waals surface area contributed by atoms with Gasteiger partial charge in [-0.1, -0.05) is 30.3 Å². The summed E-state index contributed by atoms with van der Waals surface area (Å²) in [6, 6.07) is 15.2. The molecular formula is C22H27Cl2FN4O2. The fourth-order valence-electron chi connectivity index (χ4n) is 2.93. The molecule has 1 atom stereocenters. The Labute approximate surface area is 194 Å². The number of amides is 1. The van der Waals surface area contributed by atoms with Crippen LogP contribution in [0.2, 0.25) is 0 Å². The summed E-state index contributed by atoms with van der Waals surface area (Å²) in [6.45, 7) is 1.40. The van der Waals surface area contributed by atoms with E-state index >= 15 is 0 Å². The third-order valence-electron chi connectivity index (χ3n) is 4.53. The third kappa shape index (κ3) is 8.20. The van der Waals surface area contributed by atoms with Crippen LogP contribution in [0.4, 0.5) is 4.39 Å². The SMILES string of the molecule is CN(CCOc1ccc(F)cc1)C(=O)[C@@H](N)Cc1cn(Cc2ccccc2)cn1.Cl.Cl. The number of carbonyl (C=O) groups is 1. The molecule has 0 saturated heterocycles. The van der Waals surface area contributed by atoms with Crippen LogP contribution in [-0.4, -0.2) is 46.6 Å². The van der Waals surface area contributed by atoms with Gasteiger partial charge >= 0.3 is 0 Å². The van der Waals surface area contributed by atoms with Gasteiger partial charge in [0.05, 0.1) is 24.6 Å². The van der Waals surface area contributed by atoms with Crippen LogP contribution in [0, 0.1) is 5.82 Å². The molecule has 2 aromatic carbocycles. The fourth-order valence-corrected chi connectivity index (χ4v) is 2.93. The molecule has 0 aliphatic carbocycles. The van der Waals surface area contributed by atoms with Gasteiger partial charge in [0.1, 0.15) is 18.2 Å². The lowest BCUT2D eigenvalue weighted by Gasteiger charge is -2.21. The van der Waals surface area contributed by atoms with Gasteiger partial charge in [0.2, 0.25) is 5.91 Å². The minimum absolute atomic E-state index is 0. The monoisotopic (exact) mass is 468 g/mol. The van der Waals surface area contributed by atoms with Gasteiger partial charge in [-0.3, -0.25) is 4.79 Å². The van der Waals surface area contributed by atoms with Crippen molar-refractivity contribution in [2.75, 3.05) is 20.2 Å². The van der Waals surface area contributed by atoms with E-state index in [1.807, 2.05) is 29.0 Å². The first-order chi connectivity index (χ1) is 14.0. The molecule has 0 saturated carbocycles. The summed E-state index contributed by atoms with van der Waals surface area (Å²) in [4.78, 5) is 18.4. The predicted octanol–water partition coefficient (Wildman–Crippen LogP) is 3.32. The van der Waals surface area contributed by atoms with E-state index in [2.05, 4.69) is 17.1 Å². The van der Waals surface area contributed by atoms with E-state index in [1.165, 1.54) is 22.6 Å². The van der Waals surface area contributed by atoms with E-state index in [4.69, 9.17) is 10.5 Å². The summed E-state index contributed by atoms with van der Waals surface area (Å²) in [6.07, 6.45) is 4.03. The number of benzene rings is 2. The largest absolute Gasteiger partial charge is 0.492 e. The highest BCUT2D eigenvalue weighted by Crippen LogP contribution is 2.11. The van der Waals surface area contributed by atoms with E-state index in [0.717, 1.165) is 12.2 Å². The molecule has 6 nitrogen and oxygen atoms in total. The highest BCUT2D eigenvalue weighted by Gasteiger charge is 2.19. The molecule has 0 spiro atoms. The Balaban J connectivity index is 0.00000240. The predicted molar refractivity (Wildman–Crippen MR) is 123 cm³/mol. The number of aromatic nitrogens is 2. The van der Waals surface area contributed by atoms with E-state index in [-0.39, 0.29) is 36.5 Å². The Morgan fingerprint density at radius 3 is 2.52 bits per heavy atom. The molecule has 0 radical (unpaired) electrons. The van der Waals surface area contributed by atoms with Crippen LogP contribution in [0.25, 0.3) is 0 Å². The van der Waals surface area contributed by atoms with Gasteiger partial charge in [-0.2, -0.15) is 0 Å². The number of carbonyl (C=O) groups excluding carboxylic acids is 1. The molecule has 0 aliphatic rings. The second-order valence-corrected chi connectivity index (χ2v) is 6.90. The van der Waals surface area contributed by atoms with Crippen molar-refractivity contribution in [1.82, 2.24) is 14.5 Å². The van der Waals surface area contributed by atoms with E-state index in [0.29, 0.717) is 25.3 Å². The van der Waals surface area contributed by atoms with Crippen molar-refractivity contribution >= 4 is 30.7 Å². The van der Waals surface area contributed by atoms with Crippen LogP contribution >= 0.6 is 24.8 Å². The highest BCUT2D eigenvalue weighted by molar-refractivity contribution is 5.85. The summed E-state index contributed by atoms with van der Waals surface area (Å²) in [7, 11) is 1.68. The number of nitrogens with two attached hydrogens (primary N) is 1. The van der Waals surface area contributed by atoms with Gasteiger partial charge in [0.15, 0.2) is 0 Å². The lowest BCUT2D eigenvalue weighted by atomic mass is 10.1. The first-order valence-corrected chi connectivity index (χ1v) is 9.45. The maximum absolute atomic E-state index is 12.9. The van der Waals surface area contributed by atoms with Gasteiger partial charge in [-0.05, 0) is 29.8 Å². The van der Waals surface area contributed by atoms with Crippen molar-refractivity contribution in [3.05, 3.63) is 84.2 Å². The Bertz CT molecular complexity index is 923. The zero-order valence-electron chi connectivity index (χ0n) is 17.2. The standard InChI is InChI=1S/C22H25FN4O2.2ClH/c1-26(11-12-29-20-9-7-18(23)8-10-20)22(28)21(24)13-19-15-27(16-25-19)14-17-5-3-2-4-6-17;;/h2-10,15-16,21H,11-14,24H2,1H3;2*1H/t21-;;/m0../s1. The van der Waals surface area contributed by atoms with Crippen LogP contribution < -0.4 is 10.5 Å². The first kappa shape index (κ1) is 26.4. The molecule has 3 aromatic rings. The van der Waals surface area contributed by atoms with Crippen LogP contribution in [0.3, 0.4) is 0 Å². The Morgan fingerprint density at radius 2 is 1.84 bits per heavy atom. The molecule has 1 aromatic heterocycles. The number of rotatable bonds is 9. The number of hydrogen-bond acceptors (Lipinski definition) is 4. The molecule has 3 rings (SSSR count). The zero-order valence-corrected chi connectivity index (χ0v) is 18.8. The highest BCUT2D eigenvalue weighted by atomic mass is 35.5. The van der Waals surface area contributed by atoms with Crippen molar-refractivity contribution in [2.24, 2.45) is 5.73 Å². The van der Waals surface area contributed by atoms with Gasteiger partial charge in [-0.25, -0.2) is 9.37 Å². The number of likely N-dealkylation sites (N-methyl/N-ethyl adjacent to an activating group) is 1. The molecule has 2 N–H and O–H groups in total. The van der Waals surface area contributed by atoms with Crippen LogP contribution in [-0.2, 0) is 17.8 Å². The molecule has 1 heterocycles. The Kier molecular flexibility index (Phi) is 11.0. The number of halogens is 3. The summed E-state index contributed by atoms with van der Waals surface area (Å²) in [5, 5.41) is 0. The van der Waals surface area contributed by atoms with Crippen LogP contribution in [0.1, 0.15) is 11.3 Å². The molecule has 31 heavy (non-hydrogen) atoms. The molecule has 168 valence electrons. The average molecular weight is 469 g/mol. The van der Waals surface area contributed by atoms with Gasteiger partial charge in [-0.15, -0.1) is 24.8 Å². The van der Waals surface area contributed by atoms with Crippen LogP contribution in [0.15, 0.2) is 67.1 Å². The summed E-state index contributed by atoms with van der Waals surface area (Å²) in [5.74, 6) is 0.0626. The molecule has 9 heteroatoms. The normalized spacial score (nSPS) is 11.1. The second-order valence-electron chi connectivity index (χ2n) is 6.90. The topological polar surface area (TPSA) is 73.4 Å². The minimum atomic E-state index is -0.675. The fraction of sp³-hybridized carbons (Fsp3) is 0.273. The van der Waals surface area contributed by atoms with E-state index in [9.17, 15) is 9.18 Å². The average Bonchev–Trinajstić information content (AvgIpc) is 3.16. The maximum atomic E-state index is 12.9. The molecule has 0 aliphatic heterocycles. The first-order valence-electron chi connectivity index (χ1n) is 9.45. The van der Waals surface area contributed by atoms with Crippen molar-refractivity contribution < 1.29 is 13.9 Å². The summed E-state index contributed by atoms with van der Waals surface area (Å²) >= 11 is 0. The Morgan fingerprint density at radius 1 is 1.16 bits per heavy atom. The van der Waals surface area contributed by atoms with Crippen molar-refractivity contribution in [1.29, 1.82) is 0 Å². The number of nitrogens with zero attached hydrogens (tertiary/aromatic N) is 3. The van der Waals surface area contributed by atoms with E-state index < -0.39 is 6.04 Å². The molecule has 0 unspecified atom stereocenters. The smallest absolute Gasteiger partial charge is 0.239 e. The lowest BCUT2D eigenvalue weighted by Crippen LogP contribution is -2.44. The van der Waals surface area contributed by atoms with Crippen molar-refractivity contribution in [2.45, 2.75) is 19.0 Å². The quantitative estimate of drug-likeness (QED) is 0.522. The number of imidazole rings is 1. The van der Waals surface area contributed by atoms with Crippen molar-refractivity contribution in [3.63, 3.8) is 0 Å². The summed E-state index contributed by atoms with van der Waals surface area (Å²) < 4.78 is 20.4.